The second-order valence-corrected chi connectivity index (χ2v) is 4.86. The number of ether oxygens (including phenoxy) is 3. The van der Waals surface area contributed by atoms with Crippen LogP contribution in [-0.4, -0.2) is 39.6 Å². The van der Waals surface area contributed by atoms with Crippen LogP contribution in [0.5, 0.6) is 5.75 Å². The van der Waals surface area contributed by atoms with Gasteiger partial charge in [-0.1, -0.05) is 6.07 Å². The van der Waals surface area contributed by atoms with E-state index in [2.05, 4.69) is 0 Å². The molecule has 2 rings (SSSR count). The zero-order chi connectivity index (χ0) is 17.7. The molecule has 0 heterocycles. The van der Waals surface area contributed by atoms with Crippen LogP contribution in [-0.2, 0) is 9.47 Å². The van der Waals surface area contributed by atoms with Crippen molar-refractivity contribution in [3.05, 3.63) is 53.1 Å². The summed E-state index contributed by atoms with van der Waals surface area (Å²) in [6.07, 6.45) is 0.674. The number of carbonyl (C=O) groups excluding carboxylic acids is 3. The van der Waals surface area contributed by atoms with Gasteiger partial charge in [0.2, 0.25) is 0 Å². The van der Waals surface area contributed by atoms with Gasteiger partial charge in [0.05, 0.1) is 38.0 Å². The van der Waals surface area contributed by atoms with E-state index in [0.717, 1.165) is 0 Å². The molecule has 6 heteroatoms. The van der Waals surface area contributed by atoms with E-state index in [-0.39, 0.29) is 11.1 Å². The fraction of sp³-hybridized carbons (Fsp3) is 0.167. The molecule has 0 saturated carbocycles. The Hall–Kier alpha value is -3.15. The fourth-order valence-electron chi connectivity index (χ4n) is 2.27. The summed E-state index contributed by atoms with van der Waals surface area (Å²) in [4.78, 5) is 34.9. The first-order valence-corrected chi connectivity index (χ1v) is 6.99. The average Bonchev–Trinajstić information content (AvgIpc) is 2.65. The molecule has 0 atom stereocenters. The summed E-state index contributed by atoms with van der Waals surface area (Å²) in [7, 11) is 3.98. The number of hydrogen-bond acceptors (Lipinski definition) is 6. The van der Waals surface area contributed by atoms with Crippen molar-refractivity contribution in [1.29, 1.82) is 0 Å². The lowest BCUT2D eigenvalue weighted by Crippen LogP contribution is -2.07. The molecule has 0 spiro atoms. The third-order valence-corrected chi connectivity index (χ3v) is 3.47. The van der Waals surface area contributed by atoms with E-state index in [1.54, 1.807) is 30.3 Å². The normalized spacial score (nSPS) is 9.96. The van der Waals surface area contributed by atoms with Gasteiger partial charge in [0, 0.05) is 0 Å². The quantitative estimate of drug-likeness (QED) is 0.620. The lowest BCUT2D eigenvalue weighted by Gasteiger charge is -2.10. The Kier molecular flexibility index (Phi) is 5.31. The topological polar surface area (TPSA) is 78.9 Å². The van der Waals surface area contributed by atoms with E-state index in [1.165, 1.54) is 27.4 Å². The predicted molar refractivity (Wildman–Crippen MR) is 86.5 cm³/mol. The molecular formula is C18H16O6. The molecule has 0 saturated heterocycles. The van der Waals surface area contributed by atoms with Crippen LogP contribution in [0.15, 0.2) is 36.4 Å². The molecule has 0 aliphatic carbocycles. The van der Waals surface area contributed by atoms with Crippen LogP contribution in [0.3, 0.4) is 0 Å². The highest BCUT2D eigenvalue weighted by molar-refractivity contribution is 5.97. The predicted octanol–water partition coefficient (Wildman–Crippen LogP) is 2.75. The molecule has 0 fully saturated rings. The van der Waals surface area contributed by atoms with Gasteiger partial charge in [-0.05, 0) is 41.5 Å². The highest BCUT2D eigenvalue weighted by Crippen LogP contribution is 2.28. The Bertz CT molecular complexity index is 760. The molecule has 0 aromatic heterocycles. The van der Waals surface area contributed by atoms with Crippen molar-refractivity contribution in [3.8, 4) is 16.9 Å². The van der Waals surface area contributed by atoms with Crippen molar-refractivity contribution in [2.24, 2.45) is 0 Å². The summed E-state index contributed by atoms with van der Waals surface area (Å²) >= 11 is 0. The van der Waals surface area contributed by atoms with Crippen molar-refractivity contribution in [2.45, 2.75) is 0 Å². The van der Waals surface area contributed by atoms with E-state index in [1.807, 2.05) is 0 Å². The van der Waals surface area contributed by atoms with Crippen LogP contribution < -0.4 is 4.74 Å². The van der Waals surface area contributed by atoms with Crippen LogP contribution in [0.2, 0.25) is 0 Å². The molecule has 6 nitrogen and oxygen atoms in total. The summed E-state index contributed by atoms with van der Waals surface area (Å²) < 4.78 is 14.5. The molecule has 2 aromatic carbocycles. The van der Waals surface area contributed by atoms with Crippen LogP contribution in [0, 0.1) is 0 Å². The van der Waals surface area contributed by atoms with Gasteiger partial charge in [-0.3, -0.25) is 4.79 Å². The van der Waals surface area contributed by atoms with Gasteiger partial charge in [0.15, 0.2) is 6.29 Å². The van der Waals surface area contributed by atoms with Gasteiger partial charge in [-0.2, -0.15) is 0 Å². The molecule has 0 N–H and O–H groups in total. The number of benzene rings is 2. The van der Waals surface area contributed by atoms with E-state index < -0.39 is 11.9 Å². The smallest absolute Gasteiger partial charge is 0.337 e. The molecule has 0 aliphatic heterocycles. The second-order valence-electron chi connectivity index (χ2n) is 4.86. The highest BCUT2D eigenvalue weighted by Gasteiger charge is 2.15. The average molecular weight is 328 g/mol. The Balaban J connectivity index is 2.62. The Labute approximate surface area is 139 Å². The SMILES string of the molecule is COC(=O)c1cc(C(=O)OC)cc(-c2ccc(OC)c(C=O)c2)c1. The molecule has 0 unspecified atom stereocenters. The lowest BCUT2D eigenvalue weighted by atomic mass is 9.98. The maximum Gasteiger partial charge on any atom is 0.337 e. The van der Waals surface area contributed by atoms with Gasteiger partial charge in [-0.25, -0.2) is 9.59 Å². The maximum absolute atomic E-state index is 11.8. The Morgan fingerprint density at radius 3 is 1.88 bits per heavy atom. The van der Waals surface area contributed by atoms with E-state index in [4.69, 9.17) is 14.2 Å². The van der Waals surface area contributed by atoms with Gasteiger partial charge >= 0.3 is 11.9 Å². The maximum atomic E-state index is 11.8. The molecule has 0 aliphatic rings. The van der Waals surface area contributed by atoms with Crippen LogP contribution in [0.25, 0.3) is 11.1 Å². The lowest BCUT2D eigenvalue weighted by molar-refractivity contribution is 0.0599. The van der Waals surface area contributed by atoms with Crippen LogP contribution in [0.1, 0.15) is 31.1 Å². The third-order valence-electron chi connectivity index (χ3n) is 3.47. The monoisotopic (exact) mass is 328 g/mol. The van der Waals surface area contributed by atoms with Gasteiger partial charge < -0.3 is 14.2 Å². The van der Waals surface area contributed by atoms with Gasteiger partial charge in [0.1, 0.15) is 5.75 Å². The minimum absolute atomic E-state index is 0.207. The third kappa shape index (κ3) is 3.43. The second kappa shape index (κ2) is 7.41. The van der Waals surface area contributed by atoms with Crippen LogP contribution in [0.4, 0.5) is 0 Å². The molecule has 2 aromatic rings. The first kappa shape index (κ1) is 17.2. The van der Waals surface area contributed by atoms with E-state index >= 15 is 0 Å². The van der Waals surface area contributed by atoms with Crippen molar-refractivity contribution in [2.75, 3.05) is 21.3 Å². The van der Waals surface area contributed by atoms with Crippen LogP contribution >= 0.6 is 0 Å². The summed E-state index contributed by atoms with van der Waals surface area (Å²) in [6.45, 7) is 0. The number of hydrogen-bond donors (Lipinski definition) is 0. The van der Waals surface area contributed by atoms with E-state index in [9.17, 15) is 14.4 Å². The largest absolute Gasteiger partial charge is 0.496 e. The first-order chi connectivity index (χ1) is 11.5. The molecule has 24 heavy (non-hydrogen) atoms. The molecule has 124 valence electrons. The summed E-state index contributed by atoms with van der Waals surface area (Å²) in [5.74, 6) is -0.719. The fourth-order valence-corrected chi connectivity index (χ4v) is 2.27. The number of esters is 2. The zero-order valence-electron chi connectivity index (χ0n) is 13.5. The first-order valence-electron chi connectivity index (χ1n) is 6.99. The minimum atomic E-state index is -0.578. The van der Waals surface area contributed by atoms with Crippen molar-refractivity contribution in [1.82, 2.24) is 0 Å². The Morgan fingerprint density at radius 2 is 1.42 bits per heavy atom. The minimum Gasteiger partial charge on any atom is -0.496 e. The molecule has 0 bridgehead atoms. The standard InChI is InChI=1S/C18H16O6/c1-22-16-5-4-11(6-15(16)10-19)12-7-13(17(20)23-2)9-14(8-12)18(21)24-3/h4-10H,1-3H3. The number of carbonyl (C=O) groups is 3. The van der Waals surface area contributed by atoms with Gasteiger partial charge in [0.25, 0.3) is 0 Å². The Morgan fingerprint density at radius 1 is 0.833 bits per heavy atom. The molecule has 0 radical (unpaired) electrons. The zero-order valence-corrected chi connectivity index (χ0v) is 13.5. The molecular weight excluding hydrogens is 312 g/mol. The van der Waals surface area contributed by atoms with Gasteiger partial charge in [-0.15, -0.1) is 0 Å². The number of methoxy groups -OCH3 is 3. The van der Waals surface area contributed by atoms with Crippen molar-refractivity contribution < 1.29 is 28.6 Å². The summed E-state index contributed by atoms with van der Waals surface area (Å²) in [5, 5.41) is 0. The highest BCUT2D eigenvalue weighted by atomic mass is 16.5. The summed E-state index contributed by atoms with van der Waals surface area (Å²) in [5.41, 5.74) is 1.99. The number of aldehydes is 1. The summed E-state index contributed by atoms with van der Waals surface area (Å²) in [6, 6.07) is 9.53. The van der Waals surface area contributed by atoms with Crippen molar-refractivity contribution in [3.63, 3.8) is 0 Å². The van der Waals surface area contributed by atoms with E-state index in [0.29, 0.717) is 28.7 Å². The van der Waals surface area contributed by atoms with Crippen molar-refractivity contribution >= 4 is 18.2 Å². The number of rotatable bonds is 5. The molecule has 0 amide bonds.